The van der Waals surface area contributed by atoms with Crippen LogP contribution in [0.15, 0.2) is 77.8 Å². The Labute approximate surface area is 256 Å². The summed E-state index contributed by atoms with van der Waals surface area (Å²) in [6, 6.07) is 19.0. The third kappa shape index (κ3) is 7.02. The number of imidazole rings is 1. The minimum Gasteiger partial charge on any atom is -0.493 e. The van der Waals surface area contributed by atoms with Crippen molar-refractivity contribution in [3.8, 4) is 28.4 Å². The van der Waals surface area contributed by atoms with Crippen molar-refractivity contribution in [3.63, 3.8) is 0 Å². The lowest BCUT2D eigenvalue weighted by atomic mass is 10.2. The molecule has 0 bridgehead atoms. The monoisotopic (exact) mass is 624 g/mol. The van der Waals surface area contributed by atoms with Crippen LogP contribution in [0.3, 0.4) is 0 Å². The van der Waals surface area contributed by atoms with Gasteiger partial charge < -0.3 is 14.2 Å². The number of hydrogen-bond donors (Lipinski definition) is 1. The zero-order valence-corrected chi connectivity index (χ0v) is 25.7. The van der Waals surface area contributed by atoms with Crippen LogP contribution >= 0.6 is 11.6 Å². The summed E-state index contributed by atoms with van der Waals surface area (Å²) in [5.74, 6) is 0.683. The fourth-order valence-electron chi connectivity index (χ4n) is 4.85. The Balaban J connectivity index is 1.48. The fourth-order valence-corrected chi connectivity index (χ4v) is 6.40. The highest BCUT2D eigenvalue weighted by molar-refractivity contribution is 7.89. The van der Waals surface area contributed by atoms with Gasteiger partial charge in [-0.15, -0.1) is 0 Å². The molecule has 0 radical (unpaired) electrons. The Kier molecular flexibility index (Phi) is 9.36. The molecule has 1 aromatic heterocycles. The number of carbonyl (C=O) groups excluding carboxylic acids is 1. The van der Waals surface area contributed by atoms with Crippen LogP contribution < -0.4 is 14.8 Å². The smallest absolute Gasteiger partial charge is 0.243 e. The quantitative estimate of drug-likeness (QED) is 0.240. The first-order chi connectivity index (χ1) is 20.7. The minimum absolute atomic E-state index is 0.0593. The Hall–Kier alpha value is -3.90. The molecule has 1 unspecified atom stereocenters. The first-order valence-corrected chi connectivity index (χ1v) is 15.6. The highest BCUT2D eigenvalue weighted by Gasteiger charge is 2.31. The van der Waals surface area contributed by atoms with Gasteiger partial charge in [-0.1, -0.05) is 41.4 Å². The van der Waals surface area contributed by atoms with Crippen LogP contribution in [0.2, 0.25) is 5.02 Å². The predicted octanol–water partition coefficient (Wildman–Crippen LogP) is 5.33. The number of halogens is 1. The molecule has 1 fully saturated rings. The van der Waals surface area contributed by atoms with Crippen LogP contribution in [-0.4, -0.2) is 68.2 Å². The van der Waals surface area contributed by atoms with E-state index < -0.39 is 22.5 Å². The van der Waals surface area contributed by atoms with Gasteiger partial charge in [0.25, 0.3) is 0 Å². The van der Waals surface area contributed by atoms with Crippen molar-refractivity contribution in [2.75, 3.05) is 39.2 Å². The van der Waals surface area contributed by atoms with E-state index in [0.29, 0.717) is 34.5 Å². The van der Waals surface area contributed by atoms with Crippen LogP contribution in [0.5, 0.6) is 11.5 Å². The van der Waals surface area contributed by atoms with Crippen molar-refractivity contribution >= 4 is 33.5 Å². The van der Waals surface area contributed by atoms with Crippen molar-refractivity contribution in [2.24, 2.45) is 0 Å². The van der Waals surface area contributed by atoms with Gasteiger partial charge in [0.1, 0.15) is 0 Å². The van der Waals surface area contributed by atoms with Crippen LogP contribution in [0.1, 0.15) is 18.4 Å². The lowest BCUT2D eigenvalue weighted by Crippen LogP contribution is -2.42. The molecule has 1 atom stereocenters. The fraction of sp³-hybridized carbons (Fsp3) is 0.290. The zero-order chi connectivity index (χ0) is 30.6. The van der Waals surface area contributed by atoms with Crippen molar-refractivity contribution in [2.45, 2.75) is 30.8 Å². The number of carbonyl (C=O) groups is 1. The molecule has 12 heteroatoms. The third-order valence-electron chi connectivity index (χ3n) is 7.15. The summed E-state index contributed by atoms with van der Waals surface area (Å²) in [4.78, 5) is 18.4. The average Bonchev–Trinajstić information content (AvgIpc) is 3.67. The van der Waals surface area contributed by atoms with Crippen LogP contribution in [-0.2, 0) is 19.6 Å². The lowest BCUT2D eigenvalue weighted by molar-refractivity contribution is -0.116. The minimum atomic E-state index is -3.99. The predicted molar refractivity (Wildman–Crippen MR) is 165 cm³/mol. The largest absolute Gasteiger partial charge is 0.493 e. The van der Waals surface area contributed by atoms with Crippen LogP contribution in [0.25, 0.3) is 16.9 Å². The molecule has 1 saturated heterocycles. The molecule has 1 N–H and O–H groups in total. The van der Waals surface area contributed by atoms with E-state index in [1.807, 2.05) is 19.1 Å². The van der Waals surface area contributed by atoms with E-state index in [4.69, 9.17) is 25.8 Å². The summed E-state index contributed by atoms with van der Waals surface area (Å²) in [5, 5.41) is 3.41. The van der Waals surface area contributed by atoms with Crippen LogP contribution in [0, 0.1) is 6.92 Å². The number of benzene rings is 3. The Bertz CT molecular complexity index is 1680. The summed E-state index contributed by atoms with van der Waals surface area (Å²) in [6.07, 6.45) is 3.03. The summed E-state index contributed by atoms with van der Waals surface area (Å²) in [6.45, 7) is 2.08. The van der Waals surface area contributed by atoms with Gasteiger partial charge in [0.15, 0.2) is 11.5 Å². The van der Waals surface area contributed by atoms with E-state index in [1.54, 1.807) is 72.5 Å². The molecule has 1 amide bonds. The second kappa shape index (κ2) is 13.2. The molecule has 0 spiro atoms. The summed E-state index contributed by atoms with van der Waals surface area (Å²) >= 11 is 6.09. The first kappa shape index (κ1) is 30.6. The van der Waals surface area contributed by atoms with Gasteiger partial charge in [-0.2, -0.15) is 4.31 Å². The second-order valence-electron chi connectivity index (χ2n) is 10.2. The normalized spacial score (nSPS) is 15.0. The number of sulfonamides is 1. The number of rotatable bonds is 11. The van der Waals surface area contributed by atoms with Crippen LogP contribution in [0.4, 0.5) is 5.95 Å². The molecule has 226 valence electrons. The summed E-state index contributed by atoms with van der Waals surface area (Å²) in [5.41, 5.74) is 2.93. The maximum absolute atomic E-state index is 13.7. The molecule has 5 rings (SSSR count). The highest BCUT2D eigenvalue weighted by Crippen LogP contribution is 2.32. The number of aromatic nitrogens is 2. The second-order valence-corrected chi connectivity index (χ2v) is 12.5. The Morgan fingerprint density at radius 3 is 2.44 bits per heavy atom. The molecule has 2 heterocycles. The Morgan fingerprint density at radius 2 is 1.79 bits per heavy atom. The number of amides is 1. The maximum Gasteiger partial charge on any atom is 0.243 e. The van der Waals surface area contributed by atoms with Gasteiger partial charge in [-0.05, 0) is 56.2 Å². The number of nitrogens with zero attached hydrogens (tertiary/aromatic N) is 3. The topological polar surface area (TPSA) is 112 Å². The maximum atomic E-state index is 13.7. The summed E-state index contributed by atoms with van der Waals surface area (Å²) in [7, 11) is -0.907. The zero-order valence-electron chi connectivity index (χ0n) is 24.1. The first-order valence-electron chi connectivity index (χ1n) is 13.7. The van der Waals surface area contributed by atoms with Crippen molar-refractivity contribution in [3.05, 3.63) is 83.5 Å². The lowest BCUT2D eigenvalue weighted by Gasteiger charge is -2.24. The summed E-state index contributed by atoms with van der Waals surface area (Å²) < 4.78 is 46.8. The van der Waals surface area contributed by atoms with E-state index in [-0.39, 0.29) is 23.5 Å². The van der Waals surface area contributed by atoms with Crippen molar-refractivity contribution in [1.29, 1.82) is 0 Å². The van der Waals surface area contributed by atoms with Gasteiger partial charge in [0, 0.05) is 36.0 Å². The number of aryl methyl sites for hydroxylation is 1. The third-order valence-corrected chi connectivity index (χ3v) is 9.23. The van der Waals surface area contributed by atoms with E-state index in [0.717, 1.165) is 24.0 Å². The molecule has 0 saturated carbocycles. The highest BCUT2D eigenvalue weighted by atomic mass is 35.5. The van der Waals surface area contributed by atoms with Gasteiger partial charge in [0.05, 0.1) is 43.1 Å². The molecular weight excluding hydrogens is 592 g/mol. The molecule has 43 heavy (non-hydrogen) atoms. The van der Waals surface area contributed by atoms with E-state index in [2.05, 4.69) is 10.3 Å². The van der Waals surface area contributed by atoms with Gasteiger partial charge >= 0.3 is 0 Å². The number of anilines is 1. The van der Waals surface area contributed by atoms with Crippen molar-refractivity contribution in [1.82, 2.24) is 13.9 Å². The molecule has 1 aliphatic rings. The average molecular weight is 625 g/mol. The van der Waals surface area contributed by atoms with Gasteiger partial charge in [-0.25, -0.2) is 13.4 Å². The molecule has 0 aliphatic carbocycles. The number of ether oxygens (including phenoxy) is 3. The molecule has 3 aromatic carbocycles. The standard InChI is InChI=1S/C31H33ClN4O6S/c1-21-6-13-26(14-7-21)43(38,39)35(18-25-5-4-16-42-25)20-30(37)34-31-33-27(22-8-10-23(32)11-9-22)19-36(31)24-12-15-28(40-2)29(17-24)41-3/h6-15,17,19,25H,4-5,16,18,20H2,1-3H3,(H,33,34,37). The molecule has 10 nitrogen and oxygen atoms in total. The van der Waals surface area contributed by atoms with E-state index >= 15 is 0 Å². The molecule has 4 aromatic rings. The van der Waals surface area contributed by atoms with E-state index in [1.165, 1.54) is 11.4 Å². The number of nitrogens with one attached hydrogen (secondary N) is 1. The van der Waals surface area contributed by atoms with Crippen molar-refractivity contribution < 1.29 is 27.4 Å². The van der Waals surface area contributed by atoms with E-state index in [9.17, 15) is 13.2 Å². The SMILES string of the molecule is COc1ccc(-n2cc(-c3ccc(Cl)cc3)nc2NC(=O)CN(CC2CCCO2)S(=O)(=O)c2ccc(C)cc2)cc1OC. The number of methoxy groups -OCH3 is 2. The van der Waals surface area contributed by atoms with Gasteiger partial charge in [0.2, 0.25) is 21.9 Å². The molecular formula is C31H33ClN4O6S. The number of hydrogen-bond acceptors (Lipinski definition) is 7. The van der Waals surface area contributed by atoms with Gasteiger partial charge in [-0.3, -0.25) is 14.7 Å². The molecule has 1 aliphatic heterocycles. The Morgan fingerprint density at radius 1 is 1.07 bits per heavy atom.